The van der Waals surface area contributed by atoms with E-state index in [1.165, 1.54) is 50.7 Å². The maximum absolute atomic E-state index is 13.0. The fourth-order valence-electron chi connectivity index (χ4n) is 3.28. The molecule has 1 heterocycles. The molecule has 0 atom stereocenters. The molecule has 1 aliphatic rings. The molecule has 1 aromatic carbocycles. The topological polar surface area (TPSA) is 80.0 Å². The molecule has 0 aliphatic heterocycles. The Balaban J connectivity index is 1.69. The molecule has 1 saturated carbocycles. The normalized spacial score (nSPS) is 16.0. The van der Waals surface area contributed by atoms with Crippen LogP contribution in [0.3, 0.4) is 0 Å². The lowest BCUT2D eigenvalue weighted by Gasteiger charge is -2.26. The van der Waals surface area contributed by atoms with Gasteiger partial charge in [-0.3, -0.25) is 4.90 Å². The van der Waals surface area contributed by atoms with E-state index in [1.807, 2.05) is 0 Å². The SMILES string of the molecule is CN(Cc1nc(N)nc(Nc2ccc(F)cc2)n1)C1CCCCCC1. The molecule has 6 nitrogen and oxygen atoms in total. The zero-order chi connectivity index (χ0) is 17.6. The smallest absolute Gasteiger partial charge is 0.232 e. The van der Waals surface area contributed by atoms with Crippen LogP contribution in [-0.4, -0.2) is 32.9 Å². The minimum Gasteiger partial charge on any atom is -0.368 e. The number of anilines is 3. The third-order valence-corrected chi connectivity index (χ3v) is 4.64. The zero-order valence-electron chi connectivity index (χ0n) is 14.6. The summed E-state index contributed by atoms with van der Waals surface area (Å²) in [5.41, 5.74) is 6.54. The van der Waals surface area contributed by atoms with E-state index in [0.29, 0.717) is 30.0 Å². The molecule has 134 valence electrons. The molecule has 3 rings (SSSR count). The number of nitrogens with zero attached hydrogens (tertiary/aromatic N) is 4. The molecule has 0 unspecified atom stereocenters. The molecular weight excluding hydrogens is 319 g/mol. The van der Waals surface area contributed by atoms with E-state index < -0.39 is 0 Å². The van der Waals surface area contributed by atoms with Gasteiger partial charge in [0.05, 0.1) is 6.54 Å². The number of halogens is 1. The lowest BCUT2D eigenvalue weighted by molar-refractivity contribution is 0.208. The Kier molecular flexibility index (Phi) is 5.75. The Bertz CT molecular complexity index is 682. The summed E-state index contributed by atoms with van der Waals surface area (Å²) in [4.78, 5) is 15.1. The second-order valence-electron chi connectivity index (χ2n) is 6.63. The van der Waals surface area contributed by atoms with Crippen LogP contribution in [0.15, 0.2) is 24.3 Å². The molecule has 25 heavy (non-hydrogen) atoms. The van der Waals surface area contributed by atoms with Gasteiger partial charge in [0.25, 0.3) is 0 Å². The molecule has 1 aliphatic carbocycles. The maximum atomic E-state index is 13.0. The molecule has 0 spiro atoms. The lowest BCUT2D eigenvalue weighted by atomic mass is 10.1. The van der Waals surface area contributed by atoms with Gasteiger partial charge in [-0.2, -0.15) is 15.0 Å². The number of rotatable bonds is 5. The second kappa shape index (κ2) is 8.20. The Labute approximate surface area is 147 Å². The van der Waals surface area contributed by atoms with Crippen molar-refractivity contribution < 1.29 is 4.39 Å². The summed E-state index contributed by atoms with van der Waals surface area (Å²) in [7, 11) is 2.11. The van der Waals surface area contributed by atoms with Crippen LogP contribution < -0.4 is 11.1 Å². The first-order valence-electron chi connectivity index (χ1n) is 8.83. The van der Waals surface area contributed by atoms with Crippen molar-refractivity contribution in [3.05, 3.63) is 35.9 Å². The van der Waals surface area contributed by atoms with Crippen LogP contribution in [0.25, 0.3) is 0 Å². The Hall–Kier alpha value is -2.28. The van der Waals surface area contributed by atoms with Gasteiger partial charge in [-0.05, 0) is 44.2 Å². The predicted molar refractivity (Wildman–Crippen MR) is 96.9 cm³/mol. The minimum atomic E-state index is -0.286. The number of nitrogen functional groups attached to an aromatic ring is 1. The molecule has 3 N–H and O–H groups in total. The van der Waals surface area contributed by atoms with Crippen molar-refractivity contribution >= 4 is 17.6 Å². The monoisotopic (exact) mass is 344 g/mol. The van der Waals surface area contributed by atoms with Crippen molar-refractivity contribution in [2.45, 2.75) is 51.1 Å². The summed E-state index contributed by atoms with van der Waals surface area (Å²) in [5, 5.41) is 3.05. The van der Waals surface area contributed by atoms with Crippen molar-refractivity contribution in [2.24, 2.45) is 0 Å². The van der Waals surface area contributed by atoms with Crippen LogP contribution in [0.1, 0.15) is 44.3 Å². The number of benzene rings is 1. The maximum Gasteiger partial charge on any atom is 0.232 e. The first kappa shape index (κ1) is 17.5. The van der Waals surface area contributed by atoms with Crippen LogP contribution in [-0.2, 0) is 6.54 Å². The van der Waals surface area contributed by atoms with Gasteiger partial charge in [0.2, 0.25) is 11.9 Å². The van der Waals surface area contributed by atoms with Gasteiger partial charge in [0.15, 0.2) is 0 Å². The third kappa shape index (κ3) is 5.09. The number of aromatic nitrogens is 3. The van der Waals surface area contributed by atoms with Gasteiger partial charge in [-0.15, -0.1) is 0 Å². The van der Waals surface area contributed by atoms with Gasteiger partial charge in [-0.25, -0.2) is 4.39 Å². The highest BCUT2D eigenvalue weighted by atomic mass is 19.1. The molecule has 0 bridgehead atoms. The van der Waals surface area contributed by atoms with Crippen molar-refractivity contribution in [3.63, 3.8) is 0 Å². The van der Waals surface area contributed by atoms with E-state index in [0.717, 1.165) is 0 Å². The Morgan fingerprint density at radius 1 is 1.08 bits per heavy atom. The Morgan fingerprint density at radius 3 is 2.44 bits per heavy atom. The standard InChI is InChI=1S/C18H25FN6/c1-25(15-6-4-2-3-5-7-15)12-16-22-17(20)24-18(23-16)21-14-10-8-13(19)9-11-14/h8-11,15H,2-7,12H2,1H3,(H3,20,21,22,23,24). The van der Waals surface area contributed by atoms with Gasteiger partial charge in [0.1, 0.15) is 11.6 Å². The van der Waals surface area contributed by atoms with E-state index >= 15 is 0 Å². The lowest BCUT2D eigenvalue weighted by Crippen LogP contribution is -2.31. The van der Waals surface area contributed by atoms with E-state index in [1.54, 1.807) is 12.1 Å². The third-order valence-electron chi connectivity index (χ3n) is 4.64. The number of hydrogen-bond acceptors (Lipinski definition) is 6. The molecule has 0 radical (unpaired) electrons. The number of hydrogen-bond donors (Lipinski definition) is 2. The van der Waals surface area contributed by atoms with Crippen molar-refractivity contribution in [1.29, 1.82) is 0 Å². The number of nitrogens with two attached hydrogens (primary N) is 1. The van der Waals surface area contributed by atoms with E-state index in [-0.39, 0.29) is 11.8 Å². The molecule has 0 saturated heterocycles. The van der Waals surface area contributed by atoms with Gasteiger partial charge in [0, 0.05) is 11.7 Å². The highest BCUT2D eigenvalue weighted by Crippen LogP contribution is 2.22. The molecule has 7 heteroatoms. The van der Waals surface area contributed by atoms with Crippen LogP contribution >= 0.6 is 0 Å². The van der Waals surface area contributed by atoms with Gasteiger partial charge < -0.3 is 11.1 Å². The summed E-state index contributed by atoms with van der Waals surface area (Å²) in [5.74, 6) is 0.919. The summed E-state index contributed by atoms with van der Waals surface area (Å²) in [6.45, 7) is 0.634. The van der Waals surface area contributed by atoms with Crippen LogP contribution in [0.2, 0.25) is 0 Å². The highest BCUT2D eigenvalue weighted by molar-refractivity contribution is 5.53. The minimum absolute atomic E-state index is 0.184. The predicted octanol–water partition coefficient (Wildman–Crippen LogP) is 3.49. The molecule has 0 amide bonds. The van der Waals surface area contributed by atoms with Gasteiger partial charge >= 0.3 is 0 Å². The van der Waals surface area contributed by atoms with Crippen molar-refractivity contribution in [3.8, 4) is 0 Å². The Morgan fingerprint density at radius 2 is 1.76 bits per heavy atom. The quantitative estimate of drug-likeness (QED) is 0.808. The molecule has 1 aromatic heterocycles. The summed E-state index contributed by atoms with van der Waals surface area (Å²) in [6.07, 6.45) is 7.66. The average molecular weight is 344 g/mol. The average Bonchev–Trinajstić information content (AvgIpc) is 2.86. The van der Waals surface area contributed by atoms with Crippen LogP contribution in [0.5, 0.6) is 0 Å². The number of nitrogens with one attached hydrogen (secondary N) is 1. The molecular formula is C18H25FN6. The van der Waals surface area contributed by atoms with E-state index in [4.69, 9.17) is 5.73 Å². The second-order valence-corrected chi connectivity index (χ2v) is 6.63. The summed E-state index contributed by atoms with van der Waals surface area (Å²) >= 11 is 0. The summed E-state index contributed by atoms with van der Waals surface area (Å²) < 4.78 is 13.0. The molecule has 2 aromatic rings. The first-order valence-corrected chi connectivity index (χ1v) is 8.83. The van der Waals surface area contributed by atoms with Crippen LogP contribution in [0, 0.1) is 5.82 Å². The highest BCUT2D eigenvalue weighted by Gasteiger charge is 2.18. The van der Waals surface area contributed by atoms with Crippen molar-refractivity contribution in [2.75, 3.05) is 18.1 Å². The van der Waals surface area contributed by atoms with Crippen LogP contribution in [0.4, 0.5) is 22.0 Å². The van der Waals surface area contributed by atoms with E-state index in [2.05, 4.69) is 32.2 Å². The fourth-order valence-corrected chi connectivity index (χ4v) is 3.28. The first-order chi connectivity index (χ1) is 12.1. The largest absolute Gasteiger partial charge is 0.368 e. The fraction of sp³-hybridized carbons (Fsp3) is 0.500. The summed E-state index contributed by atoms with van der Waals surface area (Å²) in [6, 6.07) is 6.59. The van der Waals surface area contributed by atoms with Gasteiger partial charge in [-0.1, -0.05) is 25.7 Å². The molecule has 1 fully saturated rings. The zero-order valence-corrected chi connectivity index (χ0v) is 14.6. The van der Waals surface area contributed by atoms with E-state index in [9.17, 15) is 4.39 Å². The van der Waals surface area contributed by atoms with Crippen molar-refractivity contribution in [1.82, 2.24) is 19.9 Å².